The van der Waals surface area contributed by atoms with Crippen LogP contribution >= 0.6 is 11.3 Å². The summed E-state index contributed by atoms with van der Waals surface area (Å²) in [7, 11) is -3.71. The molecule has 1 aliphatic rings. The van der Waals surface area contributed by atoms with E-state index in [0.717, 1.165) is 10.4 Å². The van der Waals surface area contributed by atoms with Crippen LogP contribution in [0, 0.1) is 12.7 Å². The molecule has 7 nitrogen and oxygen atoms in total. The molecule has 150 valence electrons. The Labute approximate surface area is 170 Å². The fourth-order valence-corrected chi connectivity index (χ4v) is 5.16. The number of carbonyl (C=O) groups is 1. The molecule has 0 radical (unpaired) electrons. The van der Waals surface area contributed by atoms with Crippen molar-refractivity contribution in [2.75, 3.05) is 16.6 Å². The van der Waals surface area contributed by atoms with Crippen molar-refractivity contribution in [2.24, 2.45) is 0 Å². The number of amides is 1. The maximum atomic E-state index is 13.0. The number of aryl methyl sites for hydroxylation is 1. The summed E-state index contributed by atoms with van der Waals surface area (Å²) in [5.41, 5.74) is 2.35. The van der Waals surface area contributed by atoms with Crippen LogP contribution in [0.2, 0.25) is 0 Å². The highest BCUT2D eigenvalue weighted by Crippen LogP contribution is 2.36. The number of nitrogens with one attached hydrogen (secondary N) is 2. The van der Waals surface area contributed by atoms with Crippen LogP contribution in [0.4, 0.5) is 15.2 Å². The van der Waals surface area contributed by atoms with Crippen molar-refractivity contribution in [3.05, 3.63) is 58.7 Å². The average Bonchev–Trinajstić information content (AvgIpc) is 3.02. The lowest BCUT2D eigenvalue weighted by molar-refractivity contribution is -0.118. The van der Waals surface area contributed by atoms with Crippen molar-refractivity contribution >= 4 is 38.1 Å². The van der Waals surface area contributed by atoms with Gasteiger partial charge >= 0.3 is 0 Å². The number of ether oxygens (including phenoxy) is 1. The van der Waals surface area contributed by atoms with Crippen LogP contribution in [-0.2, 0) is 20.6 Å². The zero-order chi connectivity index (χ0) is 20.6. The Morgan fingerprint density at radius 2 is 2.00 bits per heavy atom. The second-order valence-electron chi connectivity index (χ2n) is 6.46. The molecule has 3 aromatic rings. The highest BCUT2D eigenvalue weighted by Gasteiger charge is 2.20. The summed E-state index contributed by atoms with van der Waals surface area (Å²) in [5.74, 6) is -0.380. The smallest absolute Gasteiger partial charge is 0.262 e. The second-order valence-corrected chi connectivity index (χ2v) is 9.38. The van der Waals surface area contributed by atoms with Gasteiger partial charge in [0.25, 0.3) is 5.91 Å². The number of thiazole rings is 1. The third kappa shape index (κ3) is 4.38. The van der Waals surface area contributed by atoms with Gasteiger partial charge in [-0.15, -0.1) is 11.3 Å². The fraction of sp³-hybridized carbons (Fsp3) is 0.158. The van der Waals surface area contributed by atoms with Crippen molar-refractivity contribution in [1.82, 2.24) is 4.98 Å². The van der Waals surface area contributed by atoms with Gasteiger partial charge in [0.1, 0.15) is 11.6 Å². The molecule has 1 aliphatic heterocycles. The fourth-order valence-electron chi connectivity index (χ4n) is 2.91. The molecule has 2 aromatic carbocycles. The molecule has 10 heteroatoms. The highest BCUT2D eigenvalue weighted by molar-refractivity contribution is 7.92. The van der Waals surface area contributed by atoms with Gasteiger partial charge in [-0.2, -0.15) is 0 Å². The topological polar surface area (TPSA) is 97.4 Å². The summed E-state index contributed by atoms with van der Waals surface area (Å²) in [6.07, 6.45) is 0. The van der Waals surface area contributed by atoms with Crippen LogP contribution in [0.3, 0.4) is 0 Å². The first kappa shape index (κ1) is 19.3. The molecule has 0 fully saturated rings. The number of anilines is 2. The number of hydrogen-bond acceptors (Lipinski definition) is 6. The SMILES string of the molecule is Cc1sc(NS(=O)(=O)Cc2ccc(F)cc2)nc1-c1ccc2c(c1)NC(=O)CO2. The number of fused-ring (bicyclic) bond motifs is 1. The highest BCUT2D eigenvalue weighted by atomic mass is 32.2. The van der Waals surface area contributed by atoms with Gasteiger partial charge in [-0.1, -0.05) is 12.1 Å². The summed E-state index contributed by atoms with van der Waals surface area (Å²) in [5, 5.41) is 2.97. The number of nitrogens with zero attached hydrogens (tertiary/aromatic N) is 1. The molecule has 0 aliphatic carbocycles. The number of rotatable bonds is 5. The Hall–Kier alpha value is -2.98. The number of halogens is 1. The average molecular weight is 433 g/mol. The first-order valence-corrected chi connectivity index (χ1v) is 11.1. The minimum Gasteiger partial charge on any atom is -0.482 e. The van der Waals surface area contributed by atoms with E-state index in [1.54, 1.807) is 18.2 Å². The maximum Gasteiger partial charge on any atom is 0.262 e. The monoisotopic (exact) mass is 433 g/mol. The summed E-state index contributed by atoms with van der Waals surface area (Å²) in [6, 6.07) is 10.6. The summed E-state index contributed by atoms with van der Waals surface area (Å²) in [4.78, 5) is 16.7. The van der Waals surface area contributed by atoms with Gasteiger partial charge in [0, 0.05) is 10.4 Å². The van der Waals surface area contributed by atoms with Crippen molar-refractivity contribution in [1.29, 1.82) is 0 Å². The van der Waals surface area contributed by atoms with Crippen molar-refractivity contribution < 1.29 is 22.3 Å². The number of hydrogen-bond donors (Lipinski definition) is 2. The molecule has 0 atom stereocenters. The molecular formula is C19H16FN3O4S2. The Balaban J connectivity index is 1.56. The third-order valence-electron chi connectivity index (χ3n) is 4.20. The van der Waals surface area contributed by atoms with E-state index in [1.807, 2.05) is 6.92 Å². The summed E-state index contributed by atoms with van der Waals surface area (Å²) < 4.78 is 45.7. The number of benzene rings is 2. The molecule has 1 amide bonds. The molecule has 0 unspecified atom stereocenters. The maximum absolute atomic E-state index is 13.0. The normalized spacial score (nSPS) is 13.4. The quantitative estimate of drug-likeness (QED) is 0.642. The summed E-state index contributed by atoms with van der Waals surface area (Å²) >= 11 is 1.21. The van der Waals surface area contributed by atoms with Crippen LogP contribution < -0.4 is 14.8 Å². The van der Waals surface area contributed by atoms with Crippen molar-refractivity contribution in [3.8, 4) is 17.0 Å². The van der Waals surface area contributed by atoms with E-state index in [-0.39, 0.29) is 23.4 Å². The molecule has 0 spiro atoms. The standard InChI is InChI=1S/C19H16FN3O4S2/c1-11-18(13-4-7-16-15(8-13)21-17(24)9-27-16)22-19(28-11)23-29(25,26)10-12-2-5-14(20)6-3-12/h2-8H,9-10H2,1H3,(H,21,24)(H,22,23). The molecule has 2 heterocycles. The minimum atomic E-state index is -3.71. The zero-order valence-corrected chi connectivity index (χ0v) is 16.9. The number of aromatic nitrogens is 1. The Morgan fingerprint density at radius 1 is 1.24 bits per heavy atom. The largest absolute Gasteiger partial charge is 0.482 e. The van der Waals surface area contributed by atoms with E-state index in [2.05, 4.69) is 15.0 Å². The van der Waals surface area contributed by atoms with Gasteiger partial charge < -0.3 is 10.1 Å². The predicted molar refractivity (Wildman–Crippen MR) is 109 cm³/mol. The van der Waals surface area contributed by atoms with E-state index in [4.69, 9.17) is 4.74 Å². The minimum absolute atomic E-state index is 0.0257. The molecule has 0 saturated carbocycles. The van der Waals surface area contributed by atoms with Gasteiger partial charge in [0.15, 0.2) is 11.7 Å². The van der Waals surface area contributed by atoms with Crippen molar-refractivity contribution in [2.45, 2.75) is 12.7 Å². The first-order valence-electron chi connectivity index (χ1n) is 8.58. The molecule has 0 saturated heterocycles. The molecule has 2 N–H and O–H groups in total. The van der Waals surface area contributed by atoms with Crippen LogP contribution in [0.1, 0.15) is 10.4 Å². The van der Waals surface area contributed by atoms with Crippen LogP contribution in [0.25, 0.3) is 11.3 Å². The van der Waals surface area contributed by atoms with E-state index >= 15 is 0 Å². The molecule has 0 bridgehead atoms. The lowest BCUT2D eigenvalue weighted by Crippen LogP contribution is -2.25. The van der Waals surface area contributed by atoms with E-state index < -0.39 is 15.8 Å². The number of carbonyl (C=O) groups excluding carboxylic acids is 1. The van der Waals surface area contributed by atoms with Gasteiger partial charge in [0.05, 0.1) is 17.1 Å². The first-order chi connectivity index (χ1) is 13.8. The van der Waals surface area contributed by atoms with Crippen LogP contribution in [0.15, 0.2) is 42.5 Å². The molecule has 4 rings (SSSR count). The van der Waals surface area contributed by atoms with Gasteiger partial charge in [-0.05, 0) is 42.8 Å². The zero-order valence-electron chi connectivity index (χ0n) is 15.2. The van der Waals surface area contributed by atoms with Gasteiger partial charge in [0.2, 0.25) is 10.0 Å². The lowest BCUT2D eigenvalue weighted by Gasteiger charge is -2.18. The van der Waals surface area contributed by atoms with Gasteiger partial charge in [-0.3, -0.25) is 9.52 Å². The van der Waals surface area contributed by atoms with Crippen LogP contribution in [0.5, 0.6) is 5.75 Å². The van der Waals surface area contributed by atoms with E-state index in [1.165, 1.54) is 35.6 Å². The van der Waals surface area contributed by atoms with E-state index in [9.17, 15) is 17.6 Å². The Kier molecular flexibility index (Phi) is 4.97. The number of sulfonamides is 1. The second kappa shape index (κ2) is 7.45. The van der Waals surface area contributed by atoms with Crippen LogP contribution in [-0.4, -0.2) is 25.9 Å². The van der Waals surface area contributed by atoms with Gasteiger partial charge in [-0.25, -0.2) is 17.8 Å². The Morgan fingerprint density at radius 3 is 2.76 bits per heavy atom. The summed E-state index contributed by atoms with van der Waals surface area (Å²) in [6.45, 7) is 1.81. The van der Waals surface area contributed by atoms with E-state index in [0.29, 0.717) is 22.7 Å². The predicted octanol–water partition coefficient (Wildman–Crippen LogP) is 3.53. The molecular weight excluding hydrogens is 417 g/mol. The third-order valence-corrected chi connectivity index (χ3v) is 6.43. The Bertz CT molecular complexity index is 1190. The molecule has 29 heavy (non-hydrogen) atoms. The van der Waals surface area contributed by atoms with Crippen molar-refractivity contribution in [3.63, 3.8) is 0 Å². The lowest BCUT2D eigenvalue weighted by atomic mass is 10.1. The molecule has 1 aromatic heterocycles.